The zero-order valence-electron chi connectivity index (χ0n) is 19.7. The first-order valence-corrected chi connectivity index (χ1v) is 11.1. The van der Waals surface area contributed by atoms with E-state index in [4.69, 9.17) is 0 Å². The van der Waals surface area contributed by atoms with Crippen molar-refractivity contribution in [3.63, 3.8) is 0 Å². The van der Waals surface area contributed by atoms with Crippen LogP contribution < -0.4 is 10.6 Å². The molecule has 7 nitrogen and oxygen atoms in total. The van der Waals surface area contributed by atoms with Gasteiger partial charge in [-0.2, -0.15) is 26.3 Å². The minimum absolute atomic E-state index is 0.0727. The van der Waals surface area contributed by atoms with Gasteiger partial charge in [-0.05, 0) is 55.6 Å². The number of non-ortho nitro benzene ring substituents is 1. The van der Waals surface area contributed by atoms with E-state index in [2.05, 4.69) is 17.9 Å². The minimum atomic E-state index is -5.11. The average molecular weight is 559 g/mol. The third-order valence-corrected chi connectivity index (χ3v) is 5.61. The molecule has 0 aromatic heterocycles. The number of rotatable bonds is 6. The summed E-state index contributed by atoms with van der Waals surface area (Å²) >= 11 is 4.46. The molecule has 38 heavy (non-hydrogen) atoms. The molecular formula is C24H20F6N4O3S. The molecule has 2 N–H and O–H groups in total. The van der Waals surface area contributed by atoms with Crippen molar-refractivity contribution in [3.8, 4) is 11.1 Å². The Morgan fingerprint density at radius 3 is 2.03 bits per heavy atom. The molecule has 14 heteroatoms. The number of nitrogens with zero attached hydrogens (tertiary/aromatic N) is 2. The van der Waals surface area contributed by atoms with Crippen molar-refractivity contribution < 1.29 is 36.1 Å². The highest BCUT2D eigenvalue weighted by atomic mass is 32.1. The fourth-order valence-corrected chi connectivity index (χ4v) is 3.80. The Bertz CT molecular complexity index is 1340. The van der Waals surface area contributed by atoms with Crippen LogP contribution in [0.3, 0.4) is 0 Å². The van der Waals surface area contributed by atoms with E-state index in [9.17, 15) is 41.3 Å². The molecule has 0 aliphatic heterocycles. The third kappa shape index (κ3) is 7.16. The monoisotopic (exact) mass is 558 g/mol. The van der Waals surface area contributed by atoms with Crippen molar-refractivity contribution in [2.45, 2.75) is 23.8 Å². The summed E-state index contributed by atoms with van der Waals surface area (Å²) in [5.41, 5.74) is -2.83. The van der Waals surface area contributed by atoms with Gasteiger partial charge in [-0.1, -0.05) is 12.1 Å². The first-order chi connectivity index (χ1) is 17.5. The van der Waals surface area contributed by atoms with Crippen LogP contribution in [0.5, 0.6) is 0 Å². The summed E-state index contributed by atoms with van der Waals surface area (Å²) in [5.74, 6) is 0. The van der Waals surface area contributed by atoms with Gasteiger partial charge in [-0.3, -0.25) is 10.1 Å². The van der Waals surface area contributed by atoms with E-state index in [1.807, 2.05) is 24.3 Å². The van der Waals surface area contributed by atoms with E-state index in [-0.39, 0.29) is 11.8 Å². The largest absolute Gasteiger partial charge is 0.416 e. The highest BCUT2D eigenvalue weighted by Gasteiger charge is 2.37. The lowest BCUT2D eigenvalue weighted by molar-refractivity contribution is -0.384. The van der Waals surface area contributed by atoms with Crippen LogP contribution in [0.4, 0.5) is 48.2 Å². The van der Waals surface area contributed by atoms with Crippen LogP contribution in [0.1, 0.15) is 16.7 Å². The molecule has 0 bridgehead atoms. The Morgan fingerprint density at radius 2 is 1.53 bits per heavy atom. The number of hydrogen-bond acceptors (Lipinski definition) is 5. The van der Waals surface area contributed by atoms with Gasteiger partial charge in [0.15, 0.2) is 0 Å². The maximum Gasteiger partial charge on any atom is 0.416 e. The Labute approximate surface area is 218 Å². The summed E-state index contributed by atoms with van der Waals surface area (Å²) in [4.78, 5) is 25.7. The third-order valence-electron chi connectivity index (χ3n) is 5.19. The van der Waals surface area contributed by atoms with Crippen LogP contribution in [-0.2, 0) is 18.9 Å². The lowest BCUT2D eigenvalue weighted by atomic mass is 10.0. The lowest BCUT2D eigenvalue weighted by Gasteiger charge is -2.17. The second-order valence-corrected chi connectivity index (χ2v) is 8.92. The van der Waals surface area contributed by atoms with Gasteiger partial charge < -0.3 is 15.5 Å². The van der Waals surface area contributed by atoms with Crippen LogP contribution >= 0.6 is 12.6 Å². The molecule has 0 atom stereocenters. The lowest BCUT2D eigenvalue weighted by Crippen LogP contribution is -2.21. The van der Waals surface area contributed by atoms with Gasteiger partial charge in [0.05, 0.1) is 21.7 Å². The Balaban J connectivity index is 1.98. The van der Waals surface area contributed by atoms with Crippen LogP contribution in [0, 0.1) is 10.1 Å². The predicted molar refractivity (Wildman–Crippen MR) is 132 cm³/mol. The molecule has 3 aromatic rings. The number of halogens is 6. The number of carbonyl (C=O) groups is 1. The molecule has 3 rings (SSSR count). The van der Waals surface area contributed by atoms with E-state index < -0.39 is 45.8 Å². The summed E-state index contributed by atoms with van der Waals surface area (Å²) in [6, 6.07) is 8.09. The van der Waals surface area contributed by atoms with Crippen LogP contribution in [0.15, 0.2) is 59.5 Å². The maximum atomic E-state index is 13.1. The molecule has 3 aromatic carbocycles. The molecule has 0 unspecified atom stereocenters. The molecule has 0 fully saturated rings. The summed E-state index contributed by atoms with van der Waals surface area (Å²) < 4.78 is 78.9. The minimum Gasteiger partial charge on any atom is -0.308 e. The SMILES string of the molecule is CN(C)Cc1ccc(-c2ccc([N+](=O)[O-])cc2NC(=O)Nc2cc(C(F)(F)F)cc(C(F)(F)F)c2)cc1S. The fraction of sp³-hybridized carbons (Fsp3) is 0.208. The van der Waals surface area contributed by atoms with Crippen LogP contribution in [0.2, 0.25) is 0 Å². The summed E-state index contributed by atoms with van der Waals surface area (Å²) in [5, 5.41) is 15.5. The number of benzene rings is 3. The molecular weight excluding hydrogens is 538 g/mol. The van der Waals surface area contributed by atoms with Gasteiger partial charge >= 0.3 is 18.4 Å². The number of nitrogens with one attached hydrogen (secondary N) is 2. The molecule has 2 amide bonds. The maximum absolute atomic E-state index is 13.1. The van der Waals surface area contributed by atoms with Gasteiger partial charge in [-0.15, -0.1) is 12.6 Å². The number of alkyl halides is 6. The summed E-state index contributed by atoms with van der Waals surface area (Å²) in [6.07, 6.45) is -10.2. The van der Waals surface area contributed by atoms with Gasteiger partial charge in [0, 0.05) is 34.8 Å². The van der Waals surface area contributed by atoms with E-state index in [1.165, 1.54) is 12.1 Å². The summed E-state index contributed by atoms with van der Waals surface area (Å²) in [6.45, 7) is 0.573. The van der Waals surface area contributed by atoms with Gasteiger partial charge in [0.2, 0.25) is 0 Å². The normalized spacial score (nSPS) is 11.9. The standard InChI is InChI=1S/C24H20F6N4O3S/c1-33(2)12-14-4-3-13(7-21(14)38)19-6-5-18(34(36)37)11-20(19)32-22(35)31-17-9-15(23(25,26)27)8-16(10-17)24(28,29)30/h3-11,38H,12H2,1-2H3,(H2,31,32,35). The first kappa shape index (κ1) is 28.8. The smallest absolute Gasteiger partial charge is 0.308 e. The molecule has 202 valence electrons. The quantitative estimate of drug-likeness (QED) is 0.128. The van der Waals surface area contributed by atoms with Crippen molar-refractivity contribution in [1.82, 2.24) is 4.90 Å². The zero-order valence-corrected chi connectivity index (χ0v) is 20.6. The second kappa shape index (κ2) is 10.9. The first-order valence-electron chi connectivity index (χ1n) is 10.7. The zero-order chi connectivity index (χ0) is 28.4. The van der Waals surface area contributed by atoms with Gasteiger partial charge in [0.1, 0.15) is 0 Å². The predicted octanol–water partition coefficient (Wildman–Crippen LogP) is 7.29. The van der Waals surface area contributed by atoms with Crippen molar-refractivity contribution in [1.29, 1.82) is 0 Å². The molecule has 0 saturated carbocycles. The molecule has 0 aliphatic rings. The van der Waals surface area contributed by atoms with Crippen LogP contribution in [0.25, 0.3) is 11.1 Å². The number of nitro benzene ring substituents is 1. The Morgan fingerprint density at radius 1 is 0.921 bits per heavy atom. The highest BCUT2D eigenvalue weighted by molar-refractivity contribution is 7.80. The van der Waals surface area contributed by atoms with Crippen molar-refractivity contribution in [2.24, 2.45) is 0 Å². The number of carbonyl (C=O) groups excluding carboxylic acids is 1. The number of anilines is 2. The molecule has 0 aliphatic carbocycles. The number of thiol groups is 1. The number of amides is 2. The highest BCUT2D eigenvalue weighted by Crippen LogP contribution is 2.38. The van der Waals surface area contributed by atoms with Gasteiger partial charge in [0.25, 0.3) is 5.69 Å². The van der Waals surface area contributed by atoms with Gasteiger partial charge in [-0.25, -0.2) is 4.79 Å². The van der Waals surface area contributed by atoms with E-state index in [0.717, 1.165) is 11.6 Å². The Kier molecular flexibility index (Phi) is 8.27. The summed E-state index contributed by atoms with van der Waals surface area (Å²) in [7, 11) is 3.72. The molecule has 0 saturated heterocycles. The topological polar surface area (TPSA) is 87.5 Å². The van der Waals surface area contributed by atoms with Crippen LogP contribution in [-0.4, -0.2) is 29.9 Å². The molecule has 0 radical (unpaired) electrons. The average Bonchev–Trinajstić information content (AvgIpc) is 2.78. The van der Waals surface area contributed by atoms with Crippen molar-refractivity contribution >= 4 is 35.7 Å². The number of hydrogen-bond donors (Lipinski definition) is 3. The second-order valence-electron chi connectivity index (χ2n) is 8.44. The fourth-order valence-electron chi connectivity index (χ4n) is 3.52. The van der Waals surface area contributed by atoms with E-state index in [0.29, 0.717) is 34.7 Å². The van der Waals surface area contributed by atoms with Crippen molar-refractivity contribution in [3.05, 3.63) is 81.4 Å². The van der Waals surface area contributed by atoms with E-state index in [1.54, 1.807) is 18.2 Å². The molecule has 0 heterocycles. The number of urea groups is 1. The van der Waals surface area contributed by atoms with Crippen molar-refractivity contribution in [2.75, 3.05) is 24.7 Å². The Hall–Kier alpha value is -3.78. The molecule has 0 spiro atoms. The van der Waals surface area contributed by atoms with E-state index >= 15 is 0 Å². The number of nitro groups is 1.